The highest BCUT2D eigenvalue weighted by Gasteiger charge is 2.32. The number of aryl methyl sites for hydroxylation is 2. The lowest BCUT2D eigenvalue weighted by Crippen LogP contribution is -2.25. The molecule has 0 bridgehead atoms. The van der Waals surface area contributed by atoms with Crippen LogP contribution in [0.4, 0.5) is 4.39 Å². The third-order valence-corrected chi connectivity index (χ3v) is 6.29. The van der Waals surface area contributed by atoms with Crippen LogP contribution < -0.4 is 11.3 Å². The number of ether oxygens (including phenoxy) is 1. The summed E-state index contributed by atoms with van der Waals surface area (Å²) in [6.45, 7) is 4.45. The maximum Gasteiger partial charge on any atom is 0.257 e. The number of aromatic nitrogens is 2. The molecule has 5 nitrogen and oxygen atoms in total. The minimum absolute atomic E-state index is 0.0573. The molecule has 0 amide bonds. The number of halogens is 1. The van der Waals surface area contributed by atoms with E-state index < -0.39 is 0 Å². The molecule has 1 aliphatic carbocycles. The maximum atomic E-state index is 14.5. The largest absolute Gasteiger partial charge is 0.380 e. The fraction of sp³-hybridized carbons (Fsp3) is 0.364. The summed E-state index contributed by atoms with van der Waals surface area (Å²) in [6.07, 6.45) is 1.51. The SMILES string of the molecule is COCc1c(C)cc2n(c1=O)Cc1c-2nc2cc(F)c(C)c3c2c1C(N)CC3. The van der Waals surface area contributed by atoms with Gasteiger partial charge in [-0.25, -0.2) is 9.37 Å². The van der Waals surface area contributed by atoms with E-state index in [-0.39, 0.29) is 24.0 Å². The Kier molecular flexibility index (Phi) is 3.73. The van der Waals surface area contributed by atoms with Crippen molar-refractivity contribution in [2.75, 3.05) is 7.11 Å². The zero-order valence-electron chi connectivity index (χ0n) is 16.2. The summed E-state index contributed by atoms with van der Waals surface area (Å²) in [5, 5.41) is 0.978. The summed E-state index contributed by atoms with van der Waals surface area (Å²) < 4.78 is 21.5. The van der Waals surface area contributed by atoms with Crippen molar-refractivity contribution in [2.45, 2.75) is 45.9 Å². The molecule has 1 aromatic carbocycles. The molecule has 0 spiro atoms. The molecule has 28 heavy (non-hydrogen) atoms. The summed E-state index contributed by atoms with van der Waals surface area (Å²) in [4.78, 5) is 17.9. The molecule has 6 heteroatoms. The van der Waals surface area contributed by atoms with Crippen LogP contribution in [-0.4, -0.2) is 16.7 Å². The number of hydrogen-bond donors (Lipinski definition) is 1. The normalized spacial score (nSPS) is 17.1. The van der Waals surface area contributed by atoms with E-state index in [0.29, 0.717) is 23.2 Å². The Balaban J connectivity index is 1.87. The first-order valence-electron chi connectivity index (χ1n) is 9.55. The molecule has 0 saturated heterocycles. The van der Waals surface area contributed by atoms with Crippen LogP contribution in [0.3, 0.4) is 0 Å². The van der Waals surface area contributed by atoms with Crippen LogP contribution in [0, 0.1) is 19.7 Å². The van der Waals surface area contributed by atoms with Gasteiger partial charge in [0.25, 0.3) is 5.56 Å². The van der Waals surface area contributed by atoms with E-state index in [1.807, 2.05) is 19.9 Å². The lowest BCUT2D eigenvalue weighted by molar-refractivity contribution is 0.183. The fourth-order valence-corrected chi connectivity index (χ4v) is 4.82. The highest BCUT2D eigenvalue weighted by atomic mass is 19.1. The minimum Gasteiger partial charge on any atom is -0.380 e. The van der Waals surface area contributed by atoms with Crippen molar-refractivity contribution < 1.29 is 9.13 Å². The summed E-state index contributed by atoms with van der Waals surface area (Å²) >= 11 is 0. The van der Waals surface area contributed by atoms with Crippen LogP contribution in [0.5, 0.6) is 0 Å². The maximum absolute atomic E-state index is 14.5. The molecule has 1 aliphatic heterocycles. The Bertz CT molecular complexity index is 1230. The van der Waals surface area contributed by atoms with Gasteiger partial charge in [-0.05, 0) is 55.0 Å². The Hall–Kier alpha value is -2.57. The molecule has 2 aliphatic rings. The molecule has 0 fully saturated rings. The second kappa shape index (κ2) is 5.96. The van der Waals surface area contributed by atoms with Gasteiger partial charge in [0.15, 0.2) is 0 Å². The van der Waals surface area contributed by atoms with Crippen molar-refractivity contribution in [3.63, 3.8) is 0 Å². The summed E-state index contributed by atoms with van der Waals surface area (Å²) in [7, 11) is 1.58. The van der Waals surface area contributed by atoms with E-state index in [1.165, 1.54) is 6.07 Å². The average Bonchev–Trinajstić information content (AvgIpc) is 3.02. The molecule has 1 atom stereocenters. The number of nitrogens with zero attached hydrogens (tertiary/aromatic N) is 2. The molecule has 2 N–H and O–H groups in total. The van der Waals surface area contributed by atoms with Crippen LogP contribution in [0.2, 0.25) is 0 Å². The molecular weight excluding hydrogens is 357 g/mol. The van der Waals surface area contributed by atoms with Gasteiger partial charge in [-0.1, -0.05) is 0 Å². The lowest BCUT2D eigenvalue weighted by Gasteiger charge is -2.26. The van der Waals surface area contributed by atoms with E-state index in [2.05, 4.69) is 0 Å². The van der Waals surface area contributed by atoms with Crippen LogP contribution in [0.15, 0.2) is 16.9 Å². The smallest absolute Gasteiger partial charge is 0.257 e. The topological polar surface area (TPSA) is 70.1 Å². The van der Waals surface area contributed by atoms with Crippen molar-refractivity contribution in [1.82, 2.24) is 9.55 Å². The average molecular weight is 379 g/mol. The number of pyridine rings is 2. The third-order valence-electron chi connectivity index (χ3n) is 6.29. The molecule has 0 radical (unpaired) electrons. The van der Waals surface area contributed by atoms with Gasteiger partial charge >= 0.3 is 0 Å². The number of methoxy groups -OCH3 is 1. The Morgan fingerprint density at radius 1 is 1.32 bits per heavy atom. The van der Waals surface area contributed by atoms with Crippen molar-refractivity contribution in [3.05, 3.63) is 61.7 Å². The monoisotopic (exact) mass is 379 g/mol. The number of rotatable bonds is 2. The third kappa shape index (κ3) is 2.19. The molecule has 144 valence electrons. The molecule has 2 aromatic heterocycles. The van der Waals surface area contributed by atoms with Gasteiger partial charge in [-0.3, -0.25) is 4.79 Å². The van der Waals surface area contributed by atoms with E-state index in [1.54, 1.807) is 11.7 Å². The van der Waals surface area contributed by atoms with Gasteiger partial charge in [-0.15, -0.1) is 0 Å². The standard InChI is InChI=1S/C22H22FN3O2/c1-10-6-18-21-13(8-26(18)22(27)14(10)9-28-3)19-16(24)5-4-12-11(2)15(23)7-17(25-21)20(12)19/h6-7,16H,4-5,8-9,24H2,1-3H3. The van der Waals surface area contributed by atoms with Gasteiger partial charge in [0.05, 0.1) is 30.1 Å². The van der Waals surface area contributed by atoms with Crippen molar-refractivity contribution in [3.8, 4) is 11.4 Å². The van der Waals surface area contributed by atoms with Crippen LogP contribution in [0.1, 0.15) is 45.8 Å². The number of hydrogen-bond acceptors (Lipinski definition) is 4. The molecule has 3 aromatic rings. The number of nitrogens with two attached hydrogens (primary N) is 1. The first kappa shape index (κ1) is 17.5. The van der Waals surface area contributed by atoms with Gasteiger partial charge in [-0.2, -0.15) is 0 Å². The van der Waals surface area contributed by atoms with Gasteiger partial charge in [0, 0.05) is 35.7 Å². The van der Waals surface area contributed by atoms with Gasteiger partial charge in [0.1, 0.15) is 5.82 Å². The van der Waals surface area contributed by atoms with Crippen LogP contribution >= 0.6 is 0 Å². The highest BCUT2D eigenvalue weighted by Crippen LogP contribution is 2.43. The van der Waals surface area contributed by atoms with E-state index in [9.17, 15) is 9.18 Å². The molecular formula is C22H22FN3O2. The van der Waals surface area contributed by atoms with Gasteiger partial charge in [0.2, 0.25) is 0 Å². The number of benzene rings is 1. The second-order valence-electron chi connectivity index (χ2n) is 7.87. The minimum atomic E-state index is -0.238. The zero-order valence-corrected chi connectivity index (χ0v) is 16.2. The molecule has 3 heterocycles. The first-order chi connectivity index (χ1) is 13.4. The van der Waals surface area contributed by atoms with Crippen LogP contribution in [0.25, 0.3) is 22.3 Å². The van der Waals surface area contributed by atoms with E-state index >= 15 is 0 Å². The Morgan fingerprint density at radius 2 is 2.11 bits per heavy atom. The van der Waals surface area contributed by atoms with E-state index in [4.69, 9.17) is 15.5 Å². The van der Waals surface area contributed by atoms with E-state index in [0.717, 1.165) is 51.9 Å². The van der Waals surface area contributed by atoms with Crippen molar-refractivity contribution in [1.29, 1.82) is 0 Å². The first-order valence-corrected chi connectivity index (χ1v) is 9.55. The highest BCUT2D eigenvalue weighted by molar-refractivity contribution is 5.92. The Labute approximate surface area is 162 Å². The van der Waals surface area contributed by atoms with Gasteiger partial charge < -0.3 is 15.0 Å². The number of fused-ring (bicyclic) bond motifs is 4. The zero-order chi connectivity index (χ0) is 19.7. The summed E-state index contributed by atoms with van der Waals surface area (Å²) in [5.41, 5.74) is 13.8. The van der Waals surface area contributed by atoms with Crippen molar-refractivity contribution in [2.24, 2.45) is 5.73 Å². The van der Waals surface area contributed by atoms with Crippen molar-refractivity contribution >= 4 is 10.9 Å². The second-order valence-corrected chi connectivity index (χ2v) is 7.87. The predicted molar refractivity (Wildman–Crippen MR) is 106 cm³/mol. The molecule has 1 unspecified atom stereocenters. The lowest BCUT2D eigenvalue weighted by atomic mass is 9.82. The predicted octanol–water partition coefficient (Wildman–Crippen LogP) is 3.27. The quantitative estimate of drug-likeness (QED) is 0.580. The Morgan fingerprint density at radius 3 is 2.86 bits per heavy atom. The summed E-state index contributed by atoms with van der Waals surface area (Å²) in [5.74, 6) is -0.238. The summed E-state index contributed by atoms with van der Waals surface area (Å²) in [6, 6.07) is 3.34. The van der Waals surface area contributed by atoms with Crippen LogP contribution in [-0.2, 0) is 24.3 Å². The molecule has 5 rings (SSSR count). The molecule has 0 saturated carbocycles. The fourth-order valence-electron chi connectivity index (χ4n) is 4.82.